The molecule has 1 aliphatic heterocycles. The highest BCUT2D eigenvalue weighted by molar-refractivity contribution is 6.35. The lowest BCUT2D eigenvalue weighted by atomic mass is 10.1. The third-order valence-electron chi connectivity index (χ3n) is 5.01. The van der Waals surface area contributed by atoms with Crippen molar-refractivity contribution in [3.8, 4) is 5.75 Å². The maximum atomic E-state index is 12.7. The highest BCUT2D eigenvalue weighted by Crippen LogP contribution is 2.30. The third-order valence-corrected chi connectivity index (χ3v) is 5.54. The fraction of sp³-hybridized carbons (Fsp3) is 0.160. The molecule has 0 radical (unpaired) electrons. The Labute approximate surface area is 201 Å². The van der Waals surface area contributed by atoms with E-state index in [1.54, 1.807) is 37.3 Å². The van der Waals surface area contributed by atoms with Crippen molar-refractivity contribution in [2.24, 2.45) is 4.99 Å². The Morgan fingerprint density at radius 1 is 1.03 bits per heavy atom. The molecule has 3 aromatic carbocycles. The molecule has 4 rings (SSSR count). The van der Waals surface area contributed by atoms with Crippen molar-refractivity contribution < 1.29 is 19.1 Å². The van der Waals surface area contributed by atoms with Crippen LogP contribution in [0.5, 0.6) is 5.75 Å². The lowest BCUT2D eigenvalue weighted by Crippen LogP contribution is -2.26. The van der Waals surface area contributed by atoms with Crippen LogP contribution in [-0.2, 0) is 16.1 Å². The number of carbonyl (C=O) groups excluding carboxylic acids is 2. The molecule has 0 saturated heterocycles. The number of hydrogen-bond acceptors (Lipinski definition) is 4. The zero-order valence-corrected chi connectivity index (χ0v) is 19.3. The molecule has 0 atom stereocenters. The fourth-order valence-corrected chi connectivity index (χ4v) is 3.94. The number of aliphatic imine (C=N–C) groups is 1. The standard InChI is InChI=1S/C25H20Cl2N2O4/c1-2-32-25(31)16-7-10-19(11-8-16)29-14-17-5-3-4-6-20(17)24(29)28-23(30)15-33-22-12-9-18(26)13-21(22)27/h3-13H,2,14-15H2,1H3. The van der Waals surface area contributed by atoms with Crippen LogP contribution in [0.4, 0.5) is 5.69 Å². The molecule has 1 aliphatic rings. The largest absolute Gasteiger partial charge is 0.482 e. The molecular formula is C25H20Cl2N2O4. The number of nitrogens with zero attached hydrogens (tertiary/aromatic N) is 2. The van der Waals surface area contributed by atoms with Gasteiger partial charge in [0.05, 0.1) is 23.7 Å². The Morgan fingerprint density at radius 3 is 2.52 bits per heavy atom. The van der Waals surface area contributed by atoms with Crippen molar-refractivity contribution >= 4 is 46.6 Å². The van der Waals surface area contributed by atoms with Crippen molar-refractivity contribution in [2.45, 2.75) is 13.5 Å². The van der Waals surface area contributed by atoms with Crippen molar-refractivity contribution in [2.75, 3.05) is 18.1 Å². The van der Waals surface area contributed by atoms with E-state index in [0.717, 1.165) is 16.8 Å². The Hall–Kier alpha value is -3.35. The van der Waals surface area contributed by atoms with Gasteiger partial charge >= 0.3 is 5.97 Å². The highest BCUT2D eigenvalue weighted by atomic mass is 35.5. The van der Waals surface area contributed by atoms with Crippen LogP contribution in [0.2, 0.25) is 10.0 Å². The molecule has 3 aromatic rings. The molecule has 168 valence electrons. The molecule has 0 spiro atoms. The van der Waals surface area contributed by atoms with Crippen LogP contribution in [0.3, 0.4) is 0 Å². The number of benzene rings is 3. The Bertz CT molecular complexity index is 1230. The minimum Gasteiger partial charge on any atom is -0.482 e. The summed E-state index contributed by atoms with van der Waals surface area (Å²) in [5.74, 6) is 0.0369. The predicted octanol–water partition coefficient (Wildman–Crippen LogP) is 5.54. The molecule has 0 saturated carbocycles. The van der Waals surface area contributed by atoms with E-state index in [4.69, 9.17) is 32.7 Å². The van der Waals surface area contributed by atoms with Gasteiger partial charge in [-0.1, -0.05) is 47.5 Å². The number of ether oxygens (including phenoxy) is 2. The molecule has 33 heavy (non-hydrogen) atoms. The summed E-state index contributed by atoms with van der Waals surface area (Å²) in [4.78, 5) is 30.9. The normalized spacial score (nSPS) is 13.7. The summed E-state index contributed by atoms with van der Waals surface area (Å²) < 4.78 is 10.6. The number of fused-ring (bicyclic) bond motifs is 1. The van der Waals surface area contributed by atoms with Gasteiger partial charge in [0.2, 0.25) is 0 Å². The van der Waals surface area contributed by atoms with E-state index in [9.17, 15) is 9.59 Å². The number of anilines is 1. The van der Waals surface area contributed by atoms with Crippen LogP contribution in [-0.4, -0.2) is 30.9 Å². The van der Waals surface area contributed by atoms with Gasteiger partial charge in [0.25, 0.3) is 5.91 Å². The number of halogens is 2. The van der Waals surface area contributed by atoms with Gasteiger partial charge < -0.3 is 14.4 Å². The van der Waals surface area contributed by atoms with Crippen molar-refractivity contribution in [1.82, 2.24) is 0 Å². The first-order valence-electron chi connectivity index (χ1n) is 10.3. The molecule has 0 bridgehead atoms. The zero-order valence-electron chi connectivity index (χ0n) is 17.8. The van der Waals surface area contributed by atoms with E-state index < -0.39 is 5.91 Å². The molecule has 6 nitrogen and oxygen atoms in total. The maximum absolute atomic E-state index is 12.7. The molecular weight excluding hydrogens is 463 g/mol. The summed E-state index contributed by atoms with van der Waals surface area (Å²) in [6, 6.07) is 19.5. The van der Waals surface area contributed by atoms with Gasteiger partial charge in [-0.05, 0) is 55.0 Å². The van der Waals surface area contributed by atoms with Crippen LogP contribution in [0.15, 0.2) is 71.7 Å². The lowest BCUT2D eigenvalue weighted by Gasteiger charge is -2.19. The average Bonchev–Trinajstić information content (AvgIpc) is 3.17. The van der Waals surface area contributed by atoms with E-state index in [0.29, 0.717) is 40.3 Å². The summed E-state index contributed by atoms with van der Waals surface area (Å²) in [6.07, 6.45) is 0. The Morgan fingerprint density at radius 2 is 1.79 bits per heavy atom. The fourth-order valence-electron chi connectivity index (χ4n) is 3.48. The highest BCUT2D eigenvalue weighted by Gasteiger charge is 2.27. The quantitative estimate of drug-likeness (QED) is 0.431. The molecule has 1 heterocycles. The molecule has 0 aliphatic carbocycles. The van der Waals surface area contributed by atoms with E-state index in [2.05, 4.69) is 4.99 Å². The third kappa shape index (κ3) is 5.18. The van der Waals surface area contributed by atoms with Gasteiger partial charge in [-0.15, -0.1) is 0 Å². The van der Waals surface area contributed by atoms with Gasteiger partial charge in [0.15, 0.2) is 6.61 Å². The smallest absolute Gasteiger partial charge is 0.338 e. The van der Waals surface area contributed by atoms with Gasteiger partial charge in [-0.3, -0.25) is 4.79 Å². The van der Waals surface area contributed by atoms with E-state index in [1.165, 1.54) is 0 Å². The number of amides is 1. The first-order chi connectivity index (χ1) is 16.0. The molecule has 0 unspecified atom stereocenters. The maximum Gasteiger partial charge on any atom is 0.338 e. The number of rotatable bonds is 6. The molecule has 8 heteroatoms. The second-order valence-corrected chi connectivity index (χ2v) is 8.05. The molecule has 0 aromatic heterocycles. The van der Waals surface area contributed by atoms with E-state index >= 15 is 0 Å². The summed E-state index contributed by atoms with van der Waals surface area (Å²) in [7, 11) is 0. The van der Waals surface area contributed by atoms with E-state index in [1.807, 2.05) is 41.3 Å². The summed E-state index contributed by atoms with van der Waals surface area (Å²) >= 11 is 12.0. The first kappa shape index (κ1) is 22.8. The summed E-state index contributed by atoms with van der Waals surface area (Å²) in [6.45, 7) is 2.34. The minimum atomic E-state index is -0.458. The Kier molecular flexibility index (Phi) is 6.96. The summed E-state index contributed by atoms with van der Waals surface area (Å²) in [5.41, 5.74) is 3.16. The zero-order chi connectivity index (χ0) is 23.4. The van der Waals surface area contributed by atoms with Crippen LogP contribution < -0.4 is 9.64 Å². The molecule has 0 fully saturated rings. The van der Waals surface area contributed by atoms with Gasteiger partial charge in [0.1, 0.15) is 11.6 Å². The first-order valence-corrected chi connectivity index (χ1v) is 11.0. The second-order valence-electron chi connectivity index (χ2n) is 7.20. The predicted molar refractivity (Wildman–Crippen MR) is 129 cm³/mol. The number of esters is 1. The van der Waals surface area contributed by atoms with Crippen LogP contribution in [0.1, 0.15) is 28.4 Å². The lowest BCUT2D eigenvalue weighted by molar-refractivity contribution is -0.119. The van der Waals surface area contributed by atoms with Crippen molar-refractivity contribution in [3.05, 3.63) is 93.5 Å². The van der Waals surface area contributed by atoms with Crippen molar-refractivity contribution in [3.63, 3.8) is 0 Å². The Balaban J connectivity index is 1.57. The second kappa shape index (κ2) is 10.1. The van der Waals surface area contributed by atoms with Crippen LogP contribution >= 0.6 is 23.2 Å². The molecule has 0 N–H and O–H groups in total. The SMILES string of the molecule is CCOC(=O)c1ccc(N2Cc3ccccc3C2=NC(=O)COc2ccc(Cl)cc2Cl)cc1. The van der Waals surface area contributed by atoms with Crippen LogP contribution in [0, 0.1) is 0 Å². The van der Waals surface area contributed by atoms with E-state index in [-0.39, 0.29) is 12.6 Å². The number of hydrogen-bond donors (Lipinski definition) is 0. The monoisotopic (exact) mass is 482 g/mol. The number of carbonyl (C=O) groups is 2. The van der Waals surface area contributed by atoms with Crippen LogP contribution in [0.25, 0.3) is 0 Å². The van der Waals surface area contributed by atoms with Gasteiger partial charge in [-0.2, -0.15) is 4.99 Å². The summed E-state index contributed by atoms with van der Waals surface area (Å²) in [5, 5.41) is 0.795. The molecule has 1 amide bonds. The average molecular weight is 483 g/mol. The topological polar surface area (TPSA) is 68.2 Å². The van der Waals surface area contributed by atoms with Gasteiger partial charge in [0, 0.05) is 16.3 Å². The number of amidine groups is 1. The minimum absolute atomic E-state index is 0.275. The van der Waals surface area contributed by atoms with Gasteiger partial charge in [-0.25, -0.2) is 4.79 Å². The van der Waals surface area contributed by atoms with Crippen molar-refractivity contribution in [1.29, 1.82) is 0 Å².